The first-order chi connectivity index (χ1) is 14.8. The van der Waals surface area contributed by atoms with Crippen molar-refractivity contribution in [3.8, 4) is 0 Å². The molecule has 184 valence electrons. The van der Waals surface area contributed by atoms with Crippen molar-refractivity contribution < 1.29 is 0 Å². The van der Waals surface area contributed by atoms with Gasteiger partial charge in [-0.3, -0.25) is 0 Å². The molecule has 0 aliphatic rings. The molecule has 0 spiro atoms. The molecule has 11 nitrogen and oxygen atoms in total. The molecule has 0 aromatic rings. The number of nitrogens with one attached hydrogen (secondary N) is 7. The highest BCUT2D eigenvalue weighted by Gasteiger charge is 1.90. The first-order valence-corrected chi connectivity index (χ1v) is 11.6. The Morgan fingerprint density at radius 3 is 0.733 bits per heavy atom. The molecule has 0 unspecified atom stereocenters. The fourth-order valence-corrected chi connectivity index (χ4v) is 2.29. The first kappa shape index (κ1) is 31.7. The summed E-state index contributed by atoms with van der Waals surface area (Å²) in [5.41, 5.74) is 21.4. The van der Waals surface area contributed by atoms with E-state index in [0.717, 1.165) is 105 Å². The Kier molecular flexibility index (Phi) is 35.1. The highest BCUT2D eigenvalue weighted by atomic mass is 15.0. The quantitative estimate of drug-likeness (QED) is 0.0654. The summed E-state index contributed by atoms with van der Waals surface area (Å²) in [7, 11) is 0. The molecule has 0 atom stereocenters. The van der Waals surface area contributed by atoms with Crippen LogP contribution in [0.3, 0.4) is 0 Å². The van der Waals surface area contributed by atoms with Gasteiger partial charge in [-0.2, -0.15) is 0 Å². The van der Waals surface area contributed by atoms with Gasteiger partial charge in [0.15, 0.2) is 0 Å². The number of nitrogens with two attached hydrogens (primary N) is 4. The van der Waals surface area contributed by atoms with Crippen molar-refractivity contribution in [1.82, 2.24) is 37.2 Å². The molecule has 15 N–H and O–H groups in total. The van der Waals surface area contributed by atoms with Crippen LogP contribution in [0, 0.1) is 0 Å². The summed E-state index contributed by atoms with van der Waals surface area (Å²) in [6.07, 6.45) is 1.05. The zero-order chi connectivity index (χ0) is 22.4. The van der Waals surface area contributed by atoms with Gasteiger partial charge < -0.3 is 60.2 Å². The Bertz CT molecular complexity index is 249. The molecule has 11 heteroatoms. The third-order valence-corrected chi connectivity index (χ3v) is 3.91. The summed E-state index contributed by atoms with van der Waals surface area (Å²) in [5, 5.41) is 23.0. The van der Waals surface area contributed by atoms with Crippen LogP contribution in [0.1, 0.15) is 6.42 Å². The van der Waals surface area contributed by atoms with Crippen molar-refractivity contribution in [2.24, 2.45) is 22.9 Å². The molecule has 30 heavy (non-hydrogen) atoms. The van der Waals surface area contributed by atoms with Crippen LogP contribution in [-0.2, 0) is 0 Å². The van der Waals surface area contributed by atoms with Gasteiger partial charge in [-0.15, -0.1) is 0 Å². The van der Waals surface area contributed by atoms with Gasteiger partial charge in [0, 0.05) is 105 Å². The molecular weight excluding hydrogens is 382 g/mol. The van der Waals surface area contributed by atoms with Crippen LogP contribution < -0.4 is 60.2 Å². The molecule has 0 heterocycles. The minimum Gasteiger partial charge on any atom is -0.330 e. The zero-order valence-corrected chi connectivity index (χ0v) is 19.2. The summed E-state index contributed by atoms with van der Waals surface area (Å²) in [6.45, 7) is 16.6. The van der Waals surface area contributed by atoms with Gasteiger partial charge in [-0.25, -0.2) is 0 Å². The largest absolute Gasteiger partial charge is 0.330 e. The molecule has 0 saturated carbocycles. The minimum atomic E-state index is 0.706. The van der Waals surface area contributed by atoms with Crippen molar-refractivity contribution >= 4 is 0 Å². The summed E-state index contributed by atoms with van der Waals surface area (Å²) >= 11 is 0. The highest BCUT2D eigenvalue weighted by Crippen LogP contribution is 1.68. The second kappa shape index (κ2) is 33.2. The fourth-order valence-electron chi connectivity index (χ4n) is 2.29. The summed E-state index contributed by atoms with van der Waals surface area (Å²) < 4.78 is 0. The van der Waals surface area contributed by atoms with E-state index >= 15 is 0 Å². The molecule has 0 amide bonds. The summed E-state index contributed by atoms with van der Waals surface area (Å²) in [6, 6.07) is 0. The van der Waals surface area contributed by atoms with E-state index in [2.05, 4.69) is 37.2 Å². The number of hydrogen-bond acceptors (Lipinski definition) is 11. The molecule has 0 aromatic heterocycles. The molecule has 0 radical (unpaired) electrons. The minimum absolute atomic E-state index is 0.706. The van der Waals surface area contributed by atoms with Crippen molar-refractivity contribution in [1.29, 1.82) is 0 Å². The molecule has 0 bridgehead atoms. The monoisotopic (exact) mass is 435 g/mol. The lowest BCUT2D eigenvalue weighted by molar-refractivity contribution is 0.564. The van der Waals surface area contributed by atoms with Crippen molar-refractivity contribution in [2.75, 3.05) is 118 Å². The van der Waals surface area contributed by atoms with E-state index < -0.39 is 0 Å². The topological polar surface area (TPSA) is 188 Å². The second-order valence-corrected chi connectivity index (χ2v) is 6.76. The van der Waals surface area contributed by atoms with Crippen molar-refractivity contribution in [3.05, 3.63) is 0 Å². The molecule has 0 fully saturated rings. The average Bonchev–Trinajstić information content (AvgIpc) is 2.76. The average molecular weight is 436 g/mol. The lowest BCUT2D eigenvalue weighted by Gasteiger charge is -2.08. The Morgan fingerprint density at radius 1 is 0.267 bits per heavy atom. The van der Waals surface area contributed by atoms with E-state index in [1.165, 1.54) is 0 Å². The SMILES string of the molecule is NCCCNCCNCCNCCNCCN.NCCNCCNCCNCCN. The third kappa shape index (κ3) is 35.0. The molecular formula is C19H53N11. The van der Waals surface area contributed by atoms with Gasteiger partial charge in [0.25, 0.3) is 0 Å². The number of hydrogen-bond donors (Lipinski definition) is 11. The van der Waals surface area contributed by atoms with Crippen LogP contribution in [0.4, 0.5) is 0 Å². The van der Waals surface area contributed by atoms with Crippen molar-refractivity contribution in [2.45, 2.75) is 6.42 Å². The fraction of sp³-hybridized carbons (Fsp3) is 1.00. The van der Waals surface area contributed by atoms with E-state index in [0.29, 0.717) is 19.6 Å². The highest BCUT2D eigenvalue weighted by molar-refractivity contribution is 4.57. The van der Waals surface area contributed by atoms with Crippen LogP contribution in [0.15, 0.2) is 0 Å². The molecule has 0 rings (SSSR count). The third-order valence-electron chi connectivity index (χ3n) is 3.91. The standard InChI is InChI=1S/C11H30N6.C8H23N5/c12-2-1-4-14-6-8-16-10-11-17-9-7-15-5-3-13;9-1-3-11-5-7-13-8-6-12-4-2-10/h14-17H,1-13H2;11-13H,1-10H2. The second-order valence-electron chi connectivity index (χ2n) is 6.76. The molecule has 0 aliphatic carbocycles. The Hall–Kier alpha value is -0.440. The predicted octanol–water partition coefficient (Wildman–Crippen LogP) is -4.68. The first-order valence-electron chi connectivity index (χ1n) is 11.6. The lowest BCUT2D eigenvalue weighted by atomic mass is 10.4. The zero-order valence-electron chi connectivity index (χ0n) is 19.2. The van der Waals surface area contributed by atoms with E-state index in [9.17, 15) is 0 Å². The molecule has 0 saturated heterocycles. The van der Waals surface area contributed by atoms with Gasteiger partial charge in [0.1, 0.15) is 0 Å². The maximum atomic E-state index is 5.39. The van der Waals surface area contributed by atoms with Gasteiger partial charge in [-0.1, -0.05) is 0 Å². The lowest BCUT2D eigenvalue weighted by Crippen LogP contribution is -2.36. The van der Waals surface area contributed by atoms with Gasteiger partial charge >= 0.3 is 0 Å². The van der Waals surface area contributed by atoms with Gasteiger partial charge in [-0.05, 0) is 19.5 Å². The van der Waals surface area contributed by atoms with Crippen LogP contribution in [0.2, 0.25) is 0 Å². The Balaban J connectivity index is 0. The predicted molar refractivity (Wildman–Crippen MR) is 131 cm³/mol. The Morgan fingerprint density at radius 2 is 0.500 bits per heavy atom. The molecule has 0 aromatic carbocycles. The van der Waals surface area contributed by atoms with Crippen molar-refractivity contribution in [3.63, 3.8) is 0 Å². The molecule has 0 aliphatic heterocycles. The summed E-state index contributed by atoms with van der Waals surface area (Å²) in [5.74, 6) is 0. The smallest absolute Gasteiger partial charge is 0.00772 e. The number of rotatable bonds is 24. The van der Waals surface area contributed by atoms with E-state index in [1.54, 1.807) is 0 Å². The van der Waals surface area contributed by atoms with E-state index in [-0.39, 0.29) is 0 Å². The maximum Gasteiger partial charge on any atom is 0.00772 e. The van der Waals surface area contributed by atoms with Crippen LogP contribution >= 0.6 is 0 Å². The van der Waals surface area contributed by atoms with Gasteiger partial charge in [0.2, 0.25) is 0 Å². The van der Waals surface area contributed by atoms with Gasteiger partial charge in [0.05, 0.1) is 0 Å². The maximum absolute atomic E-state index is 5.39. The normalized spacial score (nSPS) is 10.8. The van der Waals surface area contributed by atoms with Crippen LogP contribution in [0.5, 0.6) is 0 Å². The van der Waals surface area contributed by atoms with Crippen LogP contribution in [-0.4, -0.2) is 118 Å². The van der Waals surface area contributed by atoms with Crippen LogP contribution in [0.25, 0.3) is 0 Å². The van der Waals surface area contributed by atoms with E-state index in [4.69, 9.17) is 22.9 Å². The summed E-state index contributed by atoms with van der Waals surface area (Å²) in [4.78, 5) is 0. The Labute approximate surface area is 185 Å². The van der Waals surface area contributed by atoms with E-state index in [1.807, 2.05) is 0 Å².